The number of ether oxygens (including phenoxy) is 2. The molecular weight excluding hydrogens is 261 g/mol. The van der Waals surface area contributed by atoms with E-state index >= 15 is 0 Å². The van der Waals surface area contributed by atoms with E-state index in [1.807, 2.05) is 6.07 Å². The Hall–Kier alpha value is -0.480. The number of morpholine rings is 1. The summed E-state index contributed by atoms with van der Waals surface area (Å²) in [6, 6.07) is 5.34. The minimum Gasteiger partial charge on any atom is -0.488 e. The summed E-state index contributed by atoms with van der Waals surface area (Å²) in [6.45, 7) is 5.50. The lowest BCUT2D eigenvalue weighted by Crippen LogP contribution is -3.14. The maximum atomic E-state index is 5.91. The highest BCUT2D eigenvalue weighted by Crippen LogP contribution is 2.26. The number of halogens is 2. The highest BCUT2D eigenvalue weighted by molar-refractivity contribution is 6.42. The molecule has 1 aromatic rings. The van der Waals surface area contributed by atoms with Gasteiger partial charge in [0, 0.05) is 6.07 Å². The number of rotatable bonds is 4. The molecule has 1 aliphatic heterocycles. The molecule has 2 rings (SSSR count). The molecule has 94 valence electrons. The van der Waals surface area contributed by atoms with E-state index in [1.54, 1.807) is 12.1 Å². The lowest BCUT2D eigenvalue weighted by atomic mass is 10.3. The molecule has 3 nitrogen and oxygen atoms in total. The summed E-state index contributed by atoms with van der Waals surface area (Å²) in [4.78, 5) is 1.52. The molecule has 0 radical (unpaired) electrons. The van der Waals surface area contributed by atoms with E-state index < -0.39 is 0 Å². The summed E-state index contributed by atoms with van der Waals surface area (Å²) in [5, 5.41) is 1.08. The first-order valence-corrected chi connectivity index (χ1v) is 6.50. The number of hydrogen-bond donors (Lipinski definition) is 1. The maximum Gasteiger partial charge on any atom is 0.137 e. The fraction of sp³-hybridized carbons (Fsp3) is 0.500. The van der Waals surface area contributed by atoms with Gasteiger partial charge in [0.2, 0.25) is 0 Å². The van der Waals surface area contributed by atoms with Crippen LogP contribution in [0.25, 0.3) is 0 Å². The third-order valence-electron chi connectivity index (χ3n) is 2.82. The van der Waals surface area contributed by atoms with Crippen LogP contribution in [0.5, 0.6) is 5.75 Å². The third kappa shape index (κ3) is 4.03. The van der Waals surface area contributed by atoms with Crippen molar-refractivity contribution in [2.75, 3.05) is 39.5 Å². The van der Waals surface area contributed by atoms with E-state index in [0.29, 0.717) is 16.7 Å². The van der Waals surface area contributed by atoms with Crippen LogP contribution in [0.3, 0.4) is 0 Å². The van der Waals surface area contributed by atoms with Crippen LogP contribution in [0.15, 0.2) is 18.2 Å². The summed E-state index contributed by atoms with van der Waals surface area (Å²) in [7, 11) is 0. The second kappa shape index (κ2) is 6.45. The van der Waals surface area contributed by atoms with Gasteiger partial charge in [0.15, 0.2) is 0 Å². The molecule has 1 N–H and O–H groups in total. The molecule has 0 aliphatic carbocycles. The Morgan fingerprint density at radius 3 is 2.65 bits per heavy atom. The van der Waals surface area contributed by atoms with Gasteiger partial charge in [-0.15, -0.1) is 0 Å². The van der Waals surface area contributed by atoms with Crippen molar-refractivity contribution in [3.63, 3.8) is 0 Å². The Balaban J connectivity index is 1.75. The summed E-state index contributed by atoms with van der Waals surface area (Å²) in [5.74, 6) is 0.770. The number of hydrogen-bond acceptors (Lipinski definition) is 2. The van der Waals surface area contributed by atoms with Crippen LogP contribution in [0.1, 0.15) is 0 Å². The van der Waals surface area contributed by atoms with E-state index in [4.69, 9.17) is 32.7 Å². The molecule has 1 saturated heterocycles. The number of nitrogens with one attached hydrogen (secondary N) is 1. The van der Waals surface area contributed by atoms with Gasteiger partial charge in [0.05, 0.1) is 23.3 Å². The van der Waals surface area contributed by atoms with Gasteiger partial charge in [-0.25, -0.2) is 0 Å². The molecule has 0 bridgehead atoms. The molecule has 0 atom stereocenters. The Labute approximate surface area is 111 Å². The van der Waals surface area contributed by atoms with Crippen molar-refractivity contribution in [2.45, 2.75) is 0 Å². The Bertz CT molecular complexity index is 368. The average molecular weight is 277 g/mol. The van der Waals surface area contributed by atoms with E-state index in [1.165, 1.54) is 4.90 Å². The SMILES string of the molecule is Clc1ccc(OCC[NH+]2CCOCC2)cc1Cl. The highest BCUT2D eigenvalue weighted by Gasteiger charge is 2.13. The van der Waals surface area contributed by atoms with Crippen LogP contribution in [0.4, 0.5) is 0 Å². The van der Waals surface area contributed by atoms with Crippen molar-refractivity contribution < 1.29 is 14.4 Å². The third-order valence-corrected chi connectivity index (χ3v) is 3.55. The van der Waals surface area contributed by atoms with Gasteiger partial charge in [0.1, 0.15) is 32.0 Å². The highest BCUT2D eigenvalue weighted by atomic mass is 35.5. The van der Waals surface area contributed by atoms with Gasteiger partial charge >= 0.3 is 0 Å². The minimum absolute atomic E-state index is 0.530. The van der Waals surface area contributed by atoms with Crippen LogP contribution in [-0.4, -0.2) is 39.5 Å². The fourth-order valence-corrected chi connectivity index (χ4v) is 2.08. The number of quaternary nitrogens is 1. The molecular formula is C12H16Cl2NO2+. The van der Waals surface area contributed by atoms with Gasteiger partial charge in [-0.05, 0) is 12.1 Å². The fourth-order valence-electron chi connectivity index (χ4n) is 1.79. The van der Waals surface area contributed by atoms with Crippen molar-refractivity contribution in [3.8, 4) is 5.75 Å². The van der Waals surface area contributed by atoms with E-state index in [-0.39, 0.29) is 0 Å². The summed E-state index contributed by atoms with van der Waals surface area (Å²) < 4.78 is 10.9. The van der Waals surface area contributed by atoms with Crippen LogP contribution >= 0.6 is 23.2 Å². The Kier molecular flexibility index (Phi) is 4.92. The van der Waals surface area contributed by atoms with Gasteiger partial charge in [-0.3, -0.25) is 0 Å². The quantitative estimate of drug-likeness (QED) is 0.896. The minimum atomic E-state index is 0.530. The Morgan fingerprint density at radius 2 is 1.94 bits per heavy atom. The molecule has 0 amide bonds. The van der Waals surface area contributed by atoms with Crippen molar-refractivity contribution in [3.05, 3.63) is 28.2 Å². The summed E-state index contributed by atoms with van der Waals surface area (Å²) >= 11 is 11.7. The second-order valence-electron chi connectivity index (χ2n) is 4.04. The molecule has 1 aromatic carbocycles. The molecule has 1 fully saturated rings. The van der Waals surface area contributed by atoms with Crippen molar-refractivity contribution >= 4 is 23.2 Å². The number of benzene rings is 1. The summed E-state index contributed by atoms with van der Waals surface area (Å²) in [5.41, 5.74) is 0. The van der Waals surface area contributed by atoms with Crippen LogP contribution in [0, 0.1) is 0 Å². The molecule has 1 heterocycles. The molecule has 0 saturated carbocycles. The van der Waals surface area contributed by atoms with Gasteiger partial charge in [-0.2, -0.15) is 0 Å². The van der Waals surface area contributed by atoms with Gasteiger partial charge in [0.25, 0.3) is 0 Å². The van der Waals surface area contributed by atoms with Gasteiger partial charge < -0.3 is 14.4 Å². The first-order valence-electron chi connectivity index (χ1n) is 5.75. The van der Waals surface area contributed by atoms with Crippen LogP contribution in [0.2, 0.25) is 10.0 Å². The predicted octanol–water partition coefficient (Wildman–Crippen LogP) is 1.29. The molecule has 0 spiro atoms. The van der Waals surface area contributed by atoms with Crippen molar-refractivity contribution in [1.82, 2.24) is 0 Å². The summed E-state index contributed by atoms with van der Waals surface area (Å²) in [6.07, 6.45) is 0. The monoisotopic (exact) mass is 276 g/mol. The molecule has 0 unspecified atom stereocenters. The van der Waals surface area contributed by atoms with Crippen LogP contribution < -0.4 is 9.64 Å². The lowest BCUT2D eigenvalue weighted by Gasteiger charge is -2.23. The molecule has 1 aliphatic rings. The first kappa shape index (κ1) is 13.0. The zero-order valence-electron chi connectivity index (χ0n) is 9.55. The second-order valence-corrected chi connectivity index (χ2v) is 4.85. The van der Waals surface area contributed by atoms with E-state index in [9.17, 15) is 0 Å². The largest absolute Gasteiger partial charge is 0.488 e. The molecule has 0 aromatic heterocycles. The Morgan fingerprint density at radius 1 is 1.18 bits per heavy atom. The average Bonchev–Trinajstić information content (AvgIpc) is 2.35. The lowest BCUT2D eigenvalue weighted by molar-refractivity contribution is -0.908. The first-order chi connectivity index (χ1) is 8.25. The standard InChI is InChI=1S/C12H15Cl2NO2/c13-11-2-1-10(9-12(11)14)17-8-5-15-3-6-16-7-4-15/h1-2,9H,3-8H2/p+1. The zero-order chi connectivity index (χ0) is 12.1. The van der Waals surface area contributed by atoms with Gasteiger partial charge in [-0.1, -0.05) is 23.2 Å². The topological polar surface area (TPSA) is 22.9 Å². The van der Waals surface area contributed by atoms with Crippen molar-refractivity contribution in [2.24, 2.45) is 0 Å². The van der Waals surface area contributed by atoms with E-state index in [0.717, 1.165) is 38.6 Å². The predicted molar refractivity (Wildman–Crippen MR) is 68.3 cm³/mol. The zero-order valence-corrected chi connectivity index (χ0v) is 11.1. The molecule has 17 heavy (non-hydrogen) atoms. The van der Waals surface area contributed by atoms with E-state index in [2.05, 4.69) is 0 Å². The smallest absolute Gasteiger partial charge is 0.137 e. The van der Waals surface area contributed by atoms with Crippen molar-refractivity contribution in [1.29, 1.82) is 0 Å². The van der Waals surface area contributed by atoms with Crippen LogP contribution in [-0.2, 0) is 4.74 Å². The maximum absolute atomic E-state index is 5.91. The normalized spacial score (nSPS) is 17.1. The molecule has 5 heteroatoms.